The molecule has 0 aromatic carbocycles. The van der Waals surface area contributed by atoms with Crippen molar-refractivity contribution < 1.29 is 64.8 Å². The number of hydrogen-bond acceptors (Lipinski definition) is 6. The van der Waals surface area contributed by atoms with Crippen LogP contribution in [0.2, 0.25) is 0 Å². The van der Waals surface area contributed by atoms with Crippen molar-refractivity contribution in [2.45, 2.75) is 24.4 Å². The standard InChI is InChI=1S/C6H14O6.2Cu/c7-1-3(9)5(11)6(12)4(10)2-8;;/h3-12H,1-2H2;;/q;;+2. The number of rotatable bonds is 5. The SMILES string of the molecule is OCC(O)C(O)C(O)C(O)CO.[Cu+2].[Cu]. The van der Waals surface area contributed by atoms with Gasteiger partial charge in [-0.2, -0.15) is 0 Å². The molecular weight excluding hydrogens is 295 g/mol. The molecule has 6 nitrogen and oxygen atoms in total. The molecule has 94 valence electrons. The van der Waals surface area contributed by atoms with Crippen LogP contribution in [-0.2, 0) is 34.1 Å². The Hall–Kier alpha value is 0.799. The molecule has 0 rings (SSSR count). The van der Waals surface area contributed by atoms with Crippen molar-refractivity contribution in [3.05, 3.63) is 0 Å². The number of hydrogen-bond donors (Lipinski definition) is 6. The molecular formula is C6H14Cu2O6+2. The molecule has 0 aliphatic heterocycles. The van der Waals surface area contributed by atoms with Crippen LogP contribution in [0.4, 0.5) is 0 Å². The second kappa shape index (κ2) is 10.3. The quantitative estimate of drug-likeness (QED) is 0.292. The van der Waals surface area contributed by atoms with Crippen LogP contribution in [0.5, 0.6) is 0 Å². The van der Waals surface area contributed by atoms with Crippen LogP contribution in [0, 0.1) is 0 Å². The summed E-state index contributed by atoms with van der Waals surface area (Å²) in [6.45, 7) is -1.45. The van der Waals surface area contributed by atoms with Gasteiger partial charge in [0.05, 0.1) is 13.2 Å². The molecule has 0 aromatic rings. The fourth-order valence-corrected chi connectivity index (χ4v) is 0.671. The molecule has 0 heterocycles. The van der Waals surface area contributed by atoms with Gasteiger partial charge in [0.25, 0.3) is 0 Å². The molecule has 2 radical (unpaired) electrons. The van der Waals surface area contributed by atoms with E-state index in [1.807, 2.05) is 0 Å². The van der Waals surface area contributed by atoms with E-state index in [1.54, 1.807) is 0 Å². The van der Waals surface area contributed by atoms with Crippen LogP contribution in [0.3, 0.4) is 0 Å². The molecule has 0 spiro atoms. The molecule has 0 fully saturated rings. The molecule has 0 aliphatic carbocycles. The molecule has 0 saturated carbocycles. The summed E-state index contributed by atoms with van der Waals surface area (Å²) in [5.41, 5.74) is 0. The average molecular weight is 309 g/mol. The monoisotopic (exact) mass is 308 g/mol. The Morgan fingerprint density at radius 2 is 0.929 bits per heavy atom. The first kappa shape index (κ1) is 20.2. The summed E-state index contributed by atoms with van der Waals surface area (Å²) >= 11 is 0. The van der Waals surface area contributed by atoms with Crippen molar-refractivity contribution in [3.8, 4) is 0 Å². The Balaban J connectivity index is -0.000000605. The summed E-state index contributed by atoms with van der Waals surface area (Å²) in [4.78, 5) is 0. The van der Waals surface area contributed by atoms with Gasteiger partial charge in [0.1, 0.15) is 24.4 Å². The molecule has 4 unspecified atom stereocenters. The van der Waals surface area contributed by atoms with Crippen molar-refractivity contribution in [2.24, 2.45) is 0 Å². The zero-order chi connectivity index (χ0) is 9.72. The maximum Gasteiger partial charge on any atom is 2.00 e. The Bertz CT molecular complexity index is 113. The van der Waals surface area contributed by atoms with E-state index in [-0.39, 0.29) is 34.1 Å². The maximum absolute atomic E-state index is 8.96. The van der Waals surface area contributed by atoms with Crippen molar-refractivity contribution in [1.29, 1.82) is 0 Å². The Labute approximate surface area is 103 Å². The van der Waals surface area contributed by atoms with Gasteiger partial charge in [-0.25, -0.2) is 0 Å². The van der Waals surface area contributed by atoms with E-state index in [2.05, 4.69) is 0 Å². The van der Waals surface area contributed by atoms with E-state index in [4.69, 9.17) is 30.6 Å². The van der Waals surface area contributed by atoms with Gasteiger partial charge in [-0.3, -0.25) is 0 Å². The fraction of sp³-hybridized carbons (Fsp3) is 1.00. The van der Waals surface area contributed by atoms with Gasteiger partial charge in [0.2, 0.25) is 0 Å². The molecule has 0 aliphatic rings. The van der Waals surface area contributed by atoms with Crippen molar-refractivity contribution in [1.82, 2.24) is 0 Å². The average Bonchev–Trinajstić information content (AvgIpc) is 2.12. The molecule has 4 atom stereocenters. The van der Waals surface area contributed by atoms with Crippen LogP contribution in [0.1, 0.15) is 0 Å². The summed E-state index contributed by atoms with van der Waals surface area (Å²) in [6, 6.07) is 0. The van der Waals surface area contributed by atoms with Gasteiger partial charge >= 0.3 is 17.1 Å². The van der Waals surface area contributed by atoms with E-state index in [0.717, 1.165) is 0 Å². The largest absolute Gasteiger partial charge is 2.00 e. The van der Waals surface area contributed by atoms with E-state index in [1.165, 1.54) is 0 Å². The summed E-state index contributed by atoms with van der Waals surface area (Å²) in [6.07, 6.45) is -6.39. The first-order valence-corrected chi connectivity index (χ1v) is 3.48. The fourth-order valence-electron chi connectivity index (χ4n) is 0.671. The second-order valence-corrected chi connectivity index (χ2v) is 2.48. The van der Waals surface area contributed by atoms with Gasteiger partial charge in [-0.15, -0.1) is 0 Å². The summed E-state index contributed by atoms with van der Waals surface area (Å²) < 4.78 is 0. The van der Waals surface area contributed by atoms with Crippen LogP contribution >= 0.6 is 0 Å². The zero-order valence-electron chi connectivity index (χ0n) is 7.01. The van der Waals surface area contributed by atoms with Gasteiger partial charge < -0.3 is 30.6 Å². The zero-order valence-corrected chi connectivity index (χ0v) is 8.89. The van der Waals surface area contributed by atoms with Crippen LogP contribution in [0.25, 0.3) is 0 Å². The van der Waals surface area contributed by atoms with Crippen molar-refractivity contribution >= 4 is 0 Å². The molecule has 6 N–H and O–H groups in total. The summed E-state index contributed by atoms with van der Waals surface area (Å²) in [5, 5.41) is 52.2. The topological polar surface area (TPSA) is 121 Å². The number of aliphatic hydroxyl groups excluding tert-OH is 6. The molecule has 14 heavy (non-hydrogen) atoms. The predicted octanol–water partition coefficient (Wildman–Crippen LogP) is -3.59. The van der Waals surface area contributed by atoms with Crippen LogP contribution < -0.4 is 0 Å². The maximum atomic E-state index is 8.96. The third-order valence-corrected chi connectivity index (χ3v) is 1.51. The Morgan fingerprint density at radius 1 is 0.714 bits per heavy atom. The minimum atomic E-state index is -1.67. The second-order valence-electron chi connectivity index (χ2n) is 2.48. The van der Waals surface area contributed by atoms with E-state index < -0.39 is 37.6 Å². The van der Waals surface area contributed by atoms with Crippen LogP contribution in [-0.4, -0.2) is 68.3 Å². The number of aliphatic hydroxyl groups is 6. The minimum Gasteiger partial charge on any atom is -0.394 e. The third-order valence-electron chi connectivity index (χ3n) is 1.51. The van der Waals surface area contributed by atoms with Gasteiger partial charge in [0, 0.05) is 17.1 Å². The van der Waals surface area contributed by atoms with Gasteiger partial charge in [-0.1, -0.05) is 0 Å². The summed E-state index contributed by atoms with van der Waals surface area (Å²) in [7, 11) is 0. The van der Waals surface area contributed by atoms with Crippen LogP contribution in [0.15, 0.2) is 0 Å². The predicted molar refractivity (Wildman–Crippen MR) is 38.2 cm³/mol. The Kier molecular flexibility index (Phi) is 14.9. The molecule has 0 amide bonds. The smallest absolute Gasteiger partial charge is 0.394 e. The normalized spacial score (nSPS) is 18.4. The van der Waals surface area contributed by atoms with E-state index in [9.17, 15) is 0 Å². The summed E-state index contributed by atoms with van der Waals surface area (Å²) in [5.74, 6) is 0. The first-order chi connectivity index (χ1) is 5.54. The van der Waals surface area contributed by atoms with E-state index >= 15 is 0 Å². The van der Waals surface area contributed by atoms with Gasteiger partial charge in [-0.05, 0) is 0 Å². The minimum absolute atomic E-state index is 0. The molecule has 8 heteroatoms. The first-order valence-electron chi connectivity index (χ1n) is 3.48. The van der Waals surface area contributed by atoms with E-state index in [0.29, 0.717) is 0 Å². The van der Waals surface area contributed by atoms with Crippen molar-refractivity contribution in [3.63, 3.8) is 0 Å². The molecule has 0 saturated heterocycles. The third kappa shape index (κ3) is 6.31. The Morgan fingerprint density at radius 3 is 1.07 bits per heavy atom. The van der Waals surface area contributed by atoms with Gasteiger partial charge in [0.15, 0.2) is 0 Å². The molecule has 0 bridgehead atoms. The molecule has 0 aromatic heterocycles. The van der Waals surface area contributed by atoms with Crippen molar-refractivity contribution in [2.75, 3.05) is 13.2 Å².